The SMILES string of the molecule is CCP(=[Se])(CC)N(C)C. The third kappa shape index (κ3) is 2.55. The standard InChI is InChI=1S/C6H16NPSe/c1-5-8(9,6-2)7(3)4/h5-6H2,1-4H3. The molecule has 0 saturated heterocycles. The van der Waals surface area contributed by atoms with E-state index in [9.17, 15) is 0 Å². The van der Waals surface area contributed by atoms with Gasteiger partial charge in [-0.1, -0.05) is 0 Å². The zero-order valence-electron chi connectivity index (χ0n) is 6.72. The van der Waals surface area contributed by atoms with Crippen LogP contribution in [0.4, 0.5) is 0 Å². The summed E-state index contributed by atoms with van der Waals surface area (Å²) >= 11 is 3.33. The van der Waals surface area contributed by atoms with Crippen LogP contribution in [0.1, 0.15) is 13.8 Å². The van der Waals surface area contributed by atoms with Crippen LogP contribution in [-0.4, -0.2) is 46.2 Å². The van der Waals surface area contributed by atoms with E-state index < -0.39 is 5.66 Å². The summed E-state index contributed by atoms with van der Waals surface area (Å²) in [5.41, 5.74) is -0.795. The van der Waals surface area contributed by atoms with Gasteiger partial charge in [0.2, 0.25) is 0 Å². The first kappa shape index (κ1) is 9.91. The summed E-state index contributed by atoms with van der Waals surface area (Å²) < 4.78 is 2.35. The predicted molar refractivity (Wildman–Crippen MR) is 47.4 cm³/mol. The van der Waals surface area contributed by atoms with Gasteiger partial charge in [0.25, 0.3) is 0 Å². The normalized spacial score (nSPS) is 12.6. The van der Waals surface area contributed by atoms with Crippen molar-refractivity contribution >= 4 is 20.8 Å². The number of hydrogen-bond donors (Lipinski definition) is 0. The zero-order chi connectivity index (χ0) is 7.49. The summed E-state index contributed by atoms with van der Waals surface area (Å²) in [4.78, 5) is 0. The molecule has 1 nitrogen and oxygen atoms in total. The molecule has 0 heterocycles. The zero-order valence-corrected chi connectivity index (χ0v) is 9.32. The van der Waals surface area contributed by atoms with Crippen molar-refractivity contribution in [3.63, 3.8) is 0 Å². The van der Waals surface area contributed by atoms with Gasteiger partial charge < -0.3 is 0 Å². The summed E-state index contributed by atoms with van der Waals surface area (Å²) in [6.45, 7) is 4.52. The van der Waals surface area contributed by atoms with Crippen LogP contribution >= 0.6 is 5.66 Å². The molecule has 0 bridgehead atoms. The Morgan fingerprint density at radius 1 is 1.22 bits per heavy atom. The molecule has 0 fully saturated rings. The minimum atomic E-state index is -0.795. The molecular weight excluding hydrogens is 196 g/mol. The summed E-state index contributed by atoms with van der Waals surface area (Å²) in [5, 5.41) is 0. The van der Waals surface area contributed by atoms with Crippen molar-refractivity contribution in [1.29, 1.82) is 0 Å². The molecule has 0 aliphatic carbocycles. The Bertz CT molecular complexity index is 114. The van der Waals surface area contributed by atoms with Crippen LogP contribution in [0.2, 0.25) is 0 Å². The molecule has 3 heteroatoms. The van der Waals surface area contributed by atoms with Crippen molar-refractivity contribution in [3.05, 3.63) is 0 Å². The summed E-state index contributed by atoms with van der Waals surface area (Å²) in [6.07, 6.45) is 2.58. The van der Waals surface area contributed by atoms with E-state index in [2.05, 4.69) is 47.7 Å². The van der Waals surface area contributed by atoms with E-state index in [0.29, 0.717) is 0 Å². The van der Waals surface area contributed by atoms with Crippen molar-refractivity contribution in [2.45, 2.75) is 13.8 Å². The fourth-order valence-corrected chi connectivity index (χ4v) is 2.37. The second-order valence-corrected chi connectivity index (χ2v) is 10.4. The van der Waals surface area contributed by atoms with E-state index in [0.717, 1.165) is 0 Å². The first-order chi connectivity index (χ1) is 4.06. The van der Waals surface area contributed by atoms with Gasteiger partial charge in [0.05, 0.1) is 0 Å². The van der Waals surface area contributed by atoms with E-state index in [4.69, 9.17) is 0 Å². The Morgan fingerprint density at radius 3 is 1.56 bits per heavy atom. The third-order valence-corrected chi connectivity index (χ3v) is 10.5. The Kier molecular flexibility index (Phi) is 4.33. The second kappa shape index (κ2) is 3.93. The van der Waals surface area contributed by atoms with Crippen LogP contribution in [-0.2, 0) is 0 Å². The molecule has 0 aliphatic heterocycles. The molecule has 0 aromatic heterocycles. The third-order valence-electron chi connectivity index (χ3n) is 1.72. The average Bonchev–Trinajstić information content (AvgIpc) is 1.86. The molecule has 0 spiro atoms. The van der Waals surface area contributed by atoms with Gasteiger partial charge in [-0.25, -0.2) is 0 Å². The molecule has 0 N–H and O–H groups in total. The van der Waals surface area contributed by atoms with Crippen molar-refractivity contribution in [2.75, 3.05) is 26.4 Å². The Morgan fingerprint density at radius 2 is 1.56 bits per heavy atom. The van der Waals surface area contributed by atoms with E-state index in [1.54, 1.807) is 0 Å². The molecule has 56 valence electrons. The Labute approximate surface area is 66.1 Å². The van der Waals surface area contributed by atoms with Crippen molar-refractivity contribution in [2.24, 2.45) is 0 Å². The van der Waals surface area contributed by atoms with Gasteiger partial charge in [0.15, 0.2) is 0 Å². The van der Waals surface area contributed by atoms with E-state index in [1.165, 1.54) is 12.3 Å². The van der Waals surface area contributed by atoms with Crippen molar-refractivity contribution in [1.82, 2.24) is 4.67 Å². The molecule has 9 heavy (non-hydrogen) atoms. The van der Waals surface area contributed by atoms with Gasteiger partial charge >= 0.3 is 65.7 Å². The molecule has 0 aromatic rings. The van der Waals surface area contributed by atoms with Gasteiger partial charge in [-0.3, -0.25) is 0 Å². The van der Waals surface area contributed by atoms with E-state index in [-0.39, 0.29) is 0 Å². The van der Waals surface area contributed by atoms with Crippen LogP contribution in [0.5, 0.6) is 0 Å². The molecule has 0 rings (SSSR count). The summed E-state index contributed by atoms with van der Waals surface area (Å²) in [5.74, 6) is 0. The summed E-state index contributed by atoms with van der Waals surface area (Å²) in [7, 11) is 4.33. The molecule has 0 radical (unpaired) electrons. The Balaban J connectivity index is 4.11. The monoisotopic (exact) mass is 213 g/mol. The molecule has 0 amide bonds. The maximum atomic E-state index is 3.33. The van der Waals surface area contributed by atoms with E-state index in [1.807, 2.05) is 0 Å². The van der Waals surface area contributed by atoms with Gasteiger partial charge in [0, 0.05) is 0 Å². The van der Waals surface area contributed by atoms with Gasteiger partial charge in [0.1, 0.15) is 0 Å². The quantitative estimate of drug-likeness (QED) is 0.507. The van der Waals surface area contributed by atoms with Crippen LogP contribution in [0.3, 0.4) is 0 Å². The van der Waals surface area contributed by atoms with Crippen LogP contribution in [0.15, 0.2) is 0 Å². The molecule has 0 saturated carbocycles. The molecule has 0 aliphatic rings. The number of hydrogen-bond acceptors (Lipinski definition) is 1. The number of nitrogens with zero attached hydrogens (tertiary/aromatic N) is 1. The van der Waals surface area contributed by atoms with Gasteiger partial charge in [-0.15, -0.1) is 0 Å². The number of rotatable bonds is 3. The maximum absolute atomic E-state index is 3.33. The first-order valence-electron chi connectivity index (χ1n) is 3.32. The topological polar surface area (TPSA) is 3.24 Å². The van der Waals surface area contributed by atoms with Crippen LogP contribution in [0.25, 0.3) is 0 Å². The van der Waals surface area contributed by atoms with Crippen molar-refractivity contribution < 1.29 is 0 Å². The fraction of sp³-hybridized carbons (Fsp3) is 1.00. The van der Waals surface area contributed by atoms with Gasteiger partial charge in [-0.2, -0.15) is 0 Å². The molecule has 0 unspecified atom stereocenters. The average molecular weight is 212 g/mol. The summed E-state index contributed by atoms with van der Waals surface area (Å²) in [6, 6.07) is 0. The van der Waals surface area contributed by atoms with Crippen molar-refractivity contribution in [3.8, 4) is 0 Å². The van der Waals surface area contributed by atoms with Gasteiger partial charge in [-0.05, 0) is 0 Å². The molecule has 0 aromatic carbocycles. The van der Waals surface area contributed by atoms with Crippen LogP contribution < -0.4 is 0 Å². The molecular formula is C6H16NPSe. The Hall–Kier alpha value is 0.909. The second-order valence-electron chi connectivity index (χ2n) is 2.33. The fourth-order valence-electron chi connectivity index (χ4n) is 0.789. The first-order valence-corrected chi connectivity index (χ1v) is 7.65. The molecule has 0 atom stereocenters. The minimum absolute atomic E-state index is 0.795. The van der Waals surface area contributed by atoms with Crippen LogP contribution in [0, 0.1) is 0 Å². The van der Waals surface area contributed by atoms with E-state index >= 15 is 0 Å². The predicted octanol–water partition coefficient (Wildman–Crippen LogP) is 1.60.